The lowest BCUT2D eigenvalue weighted by atomic mass is 10.2. The van der Waals surface area contributed by atoms with Crippen LogP contribution in [0.5, 0.6) is 11.5 Å². The summed E-state index contributed by atoms with van der Waals surface area (Å²) in [7, 11) is 2.94. The van der Waals surface area contributed by atoms with Crippen LogP contribution in [0, 0.1) is 0 Å². The van der Waals surface area contributed by atoms with Gasteiger partial charge in [-0.3, -0.25) is 19.2 Å². The number of hydrogen-bond acceptors (Lipinski definition) is 6. The molecular formula is C20H22N4O6. The fourth-order valence-corrected chi connectivity index (χ4v) is 2.38. The minimum Gasteiger partial charge on any atom is -0.497 e. The normalized spacial score (nSPS) is 9.83. The summed E-state index contributed by atoms with van der Waals surface area (Å²) in [6.45, 7) is 0.953. The van der Waals surface area contributed by atoms with Crippen LogP contribution in [-0.4, -0.2) is 44.4 Å². The zero-order valence-corrected chi connectivity index (χ0v) is 16.7. The van der Waals surface area contributed by atoms with Crippen molar-refractivity contribution < 1.29 is 28.7 Å². The minimum absolute atomic E-state index is 0.226. The van der Waals surface area contributed by atoms with Gasteiger partial charge >= 0.3 is 11.8 Å². The molecule has 0 saturated carbocycles. The van der Waals surface area contributed by atoms with E-state index in [1.807, 2.05) is 0 Å². The lowest BCUT2D eigenvalue weighted by Crippen LogP contribution is -2.39. The molecule has 0 aliphatic carbocycles. The summed E-state index contributed by atoms with van der Waals surface area (Å²) in [6, 6.07) is 11.1. The Kier molecular flexibility index (Phi) is 7.74. The molecule has 0 aromatic heterocycles. The first-order valence-electron chi connectivity index (χ1n) is 8.81. The van der Waals surface area contributed by atoms with Crippen LogP contribution in [0.3, 0.4) is 0 Å². The molecule has 2 aromatic carbocycles. The van der Waals surface area contributed by atoms with Crippen molar-refractivity contribution in [3.63, 3.8) is 0 Å². The van der Waals surface area contributed by atoms with E-state index in [-0.39, 0.29) is 5.91 Å². The van der Waals surface area contributed by atoms with E-state index in [4.69, 9.17) is 9.47 Å². The highest BCUT2D eigenvalue weighted by molar-refractivity contribution is 6.39. The molecule has 0 heterocycles. The average molecular weight is 414 g/mol. The lowest BCUT2D eigenvalue weighted by molar-refractivity contribution is -0.136. The van der Waals surface area contributed by atoms with Gasteiger partial charge in [-0.05, 0) is 36.4 Å². The molecule has 4 amide bonds. The molecule has 2 rings (SSSR count). The molecule has 0 atom stereocenters. The number of methoxy groups -OCH3 is 2. The third-order valence-electron chi connectivity index (χ3n) is 3.76. The van der Waals surface area contributed by atoms with Crippen molar-refractivity contribution in [2.45, 2.75) is 6.92 Å². The Bertz CT molecular complexity index is 943. The number of hydrogen-bond donors (Lipinski definition) is 4. The van der Waals surface area contributed by atoms with E-state index >= 15 is 0 Å². The maximum absolute atomic E-state index is 12.1. The van der Waals surface area contributed by atoms with Crippen molar-refractivity contribution >= 4 is 40.7 Å². The van der Waals surface area contributed by atoms with Crippen LogP contribution in [-0.2, 0) is 19.2 Å². The summed E-state index contributed by atoms with van der Waals surface area (Å²) in [5, 5.41) is 9.79. The van der Waals surface area contributed by atoms with E-state index in [0.29, 0.717) is 28.6 Å². The van der Waals surface area contributed by atoms with Gasteiger partial charge in [-0.1, -0.05) is 0 Å². The van der Waals surface area contributed by atoms with Crippen molar-refractivity contribution in [1.29, 1.82) is 0 Å². The van der Waals surface area contributed by atoms with E-state index < -0.39 is 24.3 Å². The highest BCUT2D eigenvalue weighted by Crippen LogP contribution is 2.28. The van der Waals surface area contributed by atoms with Crippen LogP contribution in [0.25, 0.3) is 0 Å². The zero-order valence-electron chi connectivity index (χ0n) is 16.7. The molecule has 158 valence electrons. The van der Waals surface area contributed by atoms with Gasteiger partial charge in [0.1, 0.15) is 11.5 Å². The second-order valence-corrected chi connectivity index (χ2v) is 6.01. The highest BCUT2D eigenvalue weighted by Gasteiger charge is 2.16. The molecule has 0 bridgehead atoms. The topological polar surface area (TPSA) is 135 Å². The standard InChI is InChI=1S/C20H22N4O6/c1-12(25)22-13-4-6-14(7-5-13)23-20(28)19(27)21-11-18(26)24-16-10-15(29-2)8-9-17(16)30-3/h4-10H,11H2,1-3H3,(H,21,27)(H,22,25)(H,23,28)(H,24,26). The van der Waals surface area contributed by atoms with E-state index in [1.165, 1.54) is 33.3 Å². The molecule has 0 unspecified atom stereocenters. The molecule has 0 radical (unpaired) electrons. The van der Waals surface area contributed by atoms with Crippen LogP contribution < -0.4 is 30.7 Å². The molecule has 0 aliphatic heterocycles. The van der Waals surface area contributed by atoms with Gasteiger partial charge in [0.05, 0.1) is 26.5 Å². The average Bonchev–Trinajstić information content (AvgIpc) is 2.72. The van der Waals surface area contributed by atoms with Crippen molar-refractivity contribution in [3.8, 4) is 11.5 Å². The highest BCUT2D eigenvalue weighted by atomic mass is 16.5. The molecule has 0 fully saturated rings. The number of amides is 4. The van der Waals surface area contributed by atoms with Crippen molar-refractivity contribution in [3.05, 3.63) is 42.5 Å². The van der Waals surface area contributed by atoms with Crippen LogP contribution in [0.15, 0.2) is 42.5 Å². The summed E-state index contributed by atoms with van der Waals surface area (Å²) in [6.07, 6.45) is 0. The van der Waals surface area contributed by atoms with Crippen LogP contribution in [0.2, 0.25) is 0 Å². The van der Waals surface area contributed by atoms with Crippen molar-refractivity contribution in [2.24, 2.45) is 0 Å². The first-order chi connectivity index (χ1) is 14.3. The first kappa shape index (κ1) is 22.2. The SMILES string of the molecule is COc1ccc(OC)c(NC(=O)CNC(=O)C(=O)Nc2ccc(NC(C)=O)cc2)c1. The Morgan fingerprint density at radius 1 is 0.800 bits per heavy atom. The van der Waals surface area contributed by atoms with Gasteiger partial charge in [0.25, 0.3) is 0 Å². The number of ether oxygens (including phenoxy) is 2. The number of carbonyl (C=O) groups excluding carboxylic acids is 4. The Morgan fingerprint density at radius 2 is 1.43 bits per heavy atom. The second-order valence-electron chi connectivity index (χ2n) is 6.01. The number of benzene rings is 2. The maximum Gasteiger partial charge on any atom is 0.313 e. The Hall–Kier alpha value is -4.08. The fourth-order valence-electron chi connectivity index (χ4n) is 2.38. The molecule has 10 nitrogen and oxygen atoms in total. The molecule has 4 N–H and O–H groups in total. The van der Waals surface area contributed by atoms with E-state index in [2.05, 4.69) is 21.3 Å². The Labute approximate surface area is 172 Å². The molecule has 0 spiro atoms. The van der Waals surface area contributed by atoms with Gasteiger partial charge in [-0.2, -0.15) is 0 Å². The van der Waals surface area contributed by atoms with Gasteiger partial charge in [0, 0.05) is 24.4 Å². The fraction of sp³-hybridized carbons (Fsp3) is 0.200. The molecular weight excluding hydrogens is 392 g/mol. The smallest absolute Gasteiger partial charge is 0.313 e. The number of anilines is 3. The largest absolute Gasteiger partial charge is 0.497 e. The van der Waals surface area contributed by atoms with Gasteiger partial charge < -0.3 is 30.7 Å². The quantitative estimate of drug-likeness (QED) is 0.505. The van der Waals surface area contributed by atoms with Gasteiger partial charge in [-0.25, -0.2) is 0 Å². The van der Waals surface area contributed by atoms with Crippen molar-refractivity contribution in [1.82, 2.24) is 5.32 Å². The summed E-state index contributed by atoms with van der Waals surface area (Å²) >= 11 is 0. The molecule has 10 heteroatoms. The zero-order chi connectivity index (χ0) is 22.1. The van der Waals surface area contributed by atoms with E-state index in [9.17, 15) is 19.2 Å². The Morgan fingerprint density at radius 3 is 2.00 bits per heavy atom. The number of carbonyl (C=O) groups is 4. The molecule has 0 aliphatic rings. The maximum atomic E-state index is 12.1. The summed E-state index contributed by atoms with van der Waals surface area (Å²) in [4.78, 5) is 47.0. The number of nitrogens with one attached hydrogen (secondary N) is 4. The molecule has 30 heavy (non-hydrogen) atoms. The van der Waals surface area contributed by atoms with E-state index in [1.54, 1.807) is 30.3 Å². The Balaban J connectivity index is 1.86. The third kappa shape index (κ3) is 6.51. The lowest BCUT2D eigenvalue weighted by Gasteiger charge is -2.12. The monoisotopic (exact) mass is 414 g/mol. The van der Waals surface area contributed by atoms with Crippen LogP contribution in [0.4, 0.5) is 17.1 Å². The summed E-state index contributed by atoms with van der Waals surface area (Å²) in [5.41, 5.74) is 1.27. The van der Waals surface area contributed by atoms with Gasteiger partial charge in [-0.15, -0.1) is 0 Å². The third-order valence-corrected chi connectivity index (χ3v) is 3.76. The van der Waals surface area contributed by atoms with Crippen LogP contribution in [0.1, 0.15) is 6.92 Å². The van der Waals surface area contributed by atoms with Crippen molar-refractivity contribution in [2.75, 3.05) is 36.7 Å². The summed E-state index contributed by atoms with van der Waals surface area (Å²) < 4.78 is 10.3. The van der Waals surface area contributed by atoms with Crippen LogP contribution >= 0.6 is 0 Å². The predicted octanol–water partition coefficient (Wildman–Crippen LogP) is 1.36. The van der Waals surface area contributed by atoms with E-state index in [0.717, 1.165) is 0 Å². The molecule has 0 saturated heterocycles. The second kappa shape index (κ2) is 10.5. The number of rotatable bonds is 7. The first-order valence-corrected chi connectivity index (χ1v) is 8.81. The molecule has 2 aromatic rings. The van der Waals surface area contributed by atoms with Gasteiger partial charge in [0.2, 0.25) is 11.8 Å². The predicted molar refractivity (Wildman–Crippen MR) is 111 cm³/mol. The minimum atomic E-state index is -0.978. The summed E-state index contributed by atoms with van der Waals surface area (Å²) in [5.74, 6) is -1.77. The van der Waals surface area contributed by atoms with Gasteiger partial charge in [0.15, 0.2) is 0 Å².